The minimum Gasteiger partial charge on any atom is -0.354 e. The molecule has 26 heavy (non-hydrogen) atoms. The van der Waals surface area contributed by atoms with Crippen LogP contribution in [0.1, 0.15) is 36.4 Å². The molecule has 1 N–H and O–H groups in total. The Bertz CT molecular complexity index is 727. The number of nitrogens with one attached hydrogen (secondary N) is 1. The van der Waals surface area contributed by atoms with Crippen molar-refractivity contribution < 1.29 is 13.6 Å². The highest BCUT2D eigenvalue weighted by Crippen LogP contribution is 2.24. The third kappa shape index (κ3) is 5.11. The zero-order chi connectivity index (χ0) is 18.4. The monoisotopic (exact) mass is 358 g/mol. The van der Waals surface area contributed by atoms with Gasteiger partial charge in [0.1, 0.15) is 11.6 Å². The molecule has 1 saturated heterocycles. The summed E-state index contributed by atoms with van der Waals surface area (Å²) >= 11 is 0. The molecule has 1 fully saturated rings. The Morgan fingerprint density at radius 2 is 1.77 bits per heavy atom. The number of aryl methyl sites for hydroxylation is 1. The lowest BCUT2D eigenvalue weighted by Crippen LogP contribution is -2.36. The largest absolute Gasteiger partial charge is 0.354 e. The van der Waals surface area contributed by atoms with Crippen molar-refractivity contribution in [3.05, 3.63) is 71.3 Å². The van der Waals surface area contributed by atoms with Gasteiger partial charge in [-0.05, 0) is 67.7 Å². The molecular formula is C21H24F2N2O. The number of halogens is 2. The summed E-state index contributed by atoms with van der Waals surface area (Å²) in [6.07, 6.45) is 3.12. The van der Waals surface area contributed by atoms with Crippen molar-refractivity contribution >= 4 is 5.91 Å². The van der Waals surface area contributed by atoms with Gasteiger partial charge in [0.15, 0.2) is 0 Å². The molecule has 3 rings (SSSR count). The number of carbonyl (C=O) groups excluding carboxylic acids is 1. The number of benzene rings is 2. The topological polar surface area (TPSA) is 32.3 Å². The Balaban J connectivity index is 1.56. The van der Waals surface area contributed by atoms with Crippen molar-refractivity contribution in [3.63, 3.8) is 0 Å². The highest BCUT2D eigenvalue weighted by molar-refractivity contribution is 5.76. The van der Waals surface area contributed by atoms with Crippen molar-refractivity contribution in [2.45, 2.75) is 31.7 Å². The molecule has 1 atom stereocenters. The van der Waals surface area contributed by atoms with E-state index in [-0.39, 0.29) is 23.6 Å². The Labute approximate surface area is 153 Å². The Kier molecular flexibility index (Phi) is 6.34. The van der Waals surface area contributed by atoms with Crippen LogP contribution in [0.3, 0.4) is 0 Å². The van der Waals surface area contributed by atoms with E-state index in [4.69, 9.17) is 0 Å². The van der Waals surface area contributed by atoms with E-state index in [2.05, 4.69) is 10.2 Å². The fraction of sp³-hybridized carbons (Fsp3) is 0.381. The highest BCUT2D eigenvalue weighted by Gasteiger charge is 2.23. The maximum Gasteiger partial charge on any atom is 0.220 e. The molecule has 1 heterocycles. The minimum atomic E-state index is -0.284. The maximum absolute atomic E-state index is 13.2. The summed E-state index contributed by atoms with van der Waals surface area (Å²) in [5.41, 5.74) is 1.83. The Morgan fingerprint density at radius 1 is 1.04 bits per heavy atom. The summed E-state index contributed by atoms with van der Waals surface area (Å²) in [6, 6.07) is 12.9. The van der Waals surface area contributed by atoms with E-state index in [1.54, 1.807) is 18.2 Å². The van der Waals surface area contributed by atoms with Crippen LogP contribution in [0.4, 0.5) is 8.78 Å². The lowest BCUT2D eigenvalue weighted by molar-refractivity contribution is -0.121. The summed E-state index contributed by atoms with van der Waals surface area (Å²) < 4.78 is 26.4. The van der Waals surface area contributed by atoms with E-state index in [9.17, 15) is 13.6 Å². The summed E-state index contributed by atoms with van der Waals surface area (Å²) in [5, 5.41) is 2.99. The van der Waals surface area contributed by atoms with Crippen molar-refractivity contribution in [1.29, 1.82) is 0 Å². The van der Waals surface area contributed by atoms with Gasteiger partial charge in [0, 0.05) is 13.0 Å². The average Bonchev–Trinajstić information content (AvgIpc) is 3.16. The van der Waals surface area contributed by atoms with Crippen LogP contribution in [-0.2, 0) is 11.2 Å². The molecule has 2 aromatic rings. The second-order valence-corrected chi connectivity index (χ2v) is 6.74. The lowest BCUT2D eigenvalue weighted by atomic mass is 10.0. The smallest absolute Gasteiger partial charge is 0.220 e. The third-order valence-electron chi connectivity index (χ3n) is 4.86. The van der Waals surface area contributed by atoms with Crippen LogP contribution < -0.4 is 5.32 Å². The molecule has 1 aliphatic rings. The van der Waals surface area contributed by atoms with Gasteiger partial charge in [-0.25, -0.2) is 8.78 Å². The van der Waals surface area contributed by atoms with Crippen molar-refractivity contribution in [1.82, 2.24) is 10.2 Å². The molecule has 0 spiro atoms. The van der Waals surface area contributed by atoms with Gasteiger partial charge >= 0.3 is 0 Å². The van der Waals surface area contributed by atoms with Gasteiger partial charge in [0.2, 0.25) is 5.91 Å². The Morgan fingerprint density at radius 3 is 2.46 bits per heavy atom. The summed E-state index contributed by atoms with van der Waals surface area (Å²) in [4.78, 5) is 14.6. The van der Waals surface area contributed by atoms with E-state index in [0.717, 1.165) is 37.1 Å². The van der Waals surface area contributed by atoms with E-state index < -0.39 is 0 Å². The molecule has 1 amide bonds. The molecule has 0 radical (unpaired) electrons. The normalized spacial score (nSPS) is 15.8. The number of likely N-dealkylation sites (tertiary alicyclic amines) is 1. The van der Waals surface area contributed by atoms with Crippen LogP contribution in [0.2, 0.25) is 0 Å². The van der Waals surface area contributed by atoms with Crippen LogP contribution in [0.5, 0.6) is 0 Å². The molecule has 0 aromatic heterocycles. The first-order valence-corrected chi connectivity index (χ1v) is 9.12. The van der Waals surface area contributed by atoms with Crippen molar-refractivity contribution in [3.8, 4) is 0 Å². The summed E-state index contributed by atoms with van der Waals surface area (Å²) in [5.74, 6) is -0.595. The quantitative estimate of drug-likeness (QED) is 0.815. The summed E-state index contributed by atoms with van der Waals surface area (Å²) in [7, 11) is 0. The molecule has 1 aliphatic heterocycles. The van der Waals surface area contributed by atoms with Crippen LogP contribution in [0.15, 0.2) is 48.5 Å². The molecular weight excluding hydrogens is 334 g/mol. The maximum atomic E-state index is 13.2. The first-order valence-electron chi connectivity index (χ1n) is 9.12. The Hall–Kier alpha value is -2.27. The number of amides is 1. The molecule has 0 saturated carbocycles. The third-order valence-corrected chi connectivity index (χ3v) is 4.86. The number of hydrogen-bond donors (Lipinski definition) is 1. The first-order chi connectivity index (χ1) is 12.6. The van der Waals surface area contributed by atoms with E-state index >= 15 is 0 Å². The second-order valence-electron chi connectivity index (χ2n) is 6.74. The molecule has 2 aromatic carbocycles. The number of nitrogens with zero attached hydrogens (tertiary/aromatic N) is 1. The predicted molar refractivity (Wildman–Crippen MR) is 97.7 cm³/mol. The van der Waals surface area contributed by atoms with Gasteiger partial charge in [-0.1, -0.05) is 24.3 Å². The second kappa shape index (κ2) is 8.90. The van der Waals surface area contributed by atoms with Crippen LogP contribution in [-0.4, -0.2) is 30.4 Å². The molecule has 138 valence electrons. The van der Waals surface area contributed by atoms with Crippen LogP contribution in [0, 0.1) is 11.6 Å². The van der Waals surface area contributed by atoms with Crippen LogP contribution in [0.25, 0.3) is 0 Å². The van der Waals surface area contributed by atoms with Gasteiger partial charge in [-0.15, -0.1) is 0 Å². The molecule has 0 unspecified atom stereocenters. The summed E-state index contributed by atoms with van der Waals surface area (Å²) in [6.45, 7) is 2.47. The van der Waals surface area contributed by atoms with Crippen molar-refractivity contribution in [2.24, 2.45) is 0 Å². The first kappa shape index (κ1) is 18.5. The predicted octanol–water partition coefficient (Wildman–Crippen LogP) is 3.85. The zero-order valence-corrected chi connectivity index (χ0v) is 14.8. The van der Waals surface area contributed by atoms with Crippen molar-refractivity contribution in [2.75, 3.05) is 19.6 Å². The number of hydrogen-bond acceptors (Lipinski definition) is 2. The fourth-order valence-electron chi connectivity index (χ4n) is 3.45. The van der Waals surface area contributed by atoms with Gasteiger partial charge in [-0.2, -0.15) is 0 Å². The zero-order valence-electron chi connectivity index (χ0n) is 14.8. The molecule has 0 bridgehead atoms. The van der Waals surface area contributed by atoms with Gasteiger partial charge in [-0.3, -0.25) is 9.69 Å². The van der Waals surface area contributed by atoms with Gasteiger partial charge in [0.25, 0.3) is 0 Å². The molecule has 3 nitrogen and oxygen atoms in total. The van der Waals surface area contributed by atoms with Gasteiger partial charge in [0.05, 0.1) is 6.04 Å². The SMILES string of the molecule is O=C(CCc1cccc(F)c1)NC[C@@H](c1ccc(F)cc1)N1CCCC1. The lowest BCUT2D eigenvalue weighted by Gasteiger charge is -2.28. The minimum absolute atomic E-state index is 0.0521. The van der Waals surface area contributed by atoms with Gasteiger partial charge < -0.3 is 5.32 Å². The van der Waals surface area contributed by atoms with E-state index in [1.807, 2.05) is 6.07 Å². The standard InChI is InChI=1S/C21H24F2N2O/c22-18-9-7-17(8-10-18)20(25-12-1-2-13-25)15-24-21(26)11-6-16-4-3-5-19(23)14-16/h3-5,7-10,14,20H,1-2,6,11-13,15H2,(H,24,26)/t20-/m0/s1. The fourth-order valence-corrected chi connectivity index (χ4v) is 3.45. The molecule has 5 heteroatoms. The molecule has 0 aliphatic carbocycles. The number of carbonyl (C=O) groups is 1. The highest BCUT2D eigenvalue weighted by atomic mass is 19.1. The number of rotatable bonds is 7. The average molecular weight is 358 g/mol. The van der Waals surface area contributed by atoms with Crippen LogP contribution >= 0.6 is 0 Å². The van der Waals surface area contributed by atoms with E-state index in [1.165, 1.54) is 24.3 Å². The van der Waals surface area contributed by atoms with E-state index in [0.29, 0.717) is 19.4 Å².